The first kappa shape index (κ1) is 14.3. The first-order chi connectivity index (χ1) is 10.1. The van der Waals surface area contributed by atoms with E-state index in [1.807, 2.05) is 18.2 Å². The summed E-state index contributed by atoms with van der Waals surface area (Å²) in [6, 6.07) is 10.6. The van der Waals surface area contributed by atoms with Gasteiger partial charge in [0.25, 0.3) is 0 Å². The van der Waals surface area contributed by atoms with Gasteiger partial charge in [0, 0.05) is 5.56 Å². The van der Waals surface area contributed by atoms with Crippen LogP contribution in [-0.2, 0) is 11.3 Å². The largest absolute Gasteiger partial charge is 0.506 e. The minimum absolute atomic E-state index is 0.0902. The summed E-state index contributed by atoms with van der Waals surface area (Å²) in [5, 5.41) is 16.5. The summed E-state index contributed by atoms with van der Waals surface area (Å²) in [6.07, 6.45) is -1.40. The van der Waals surface area contributed by atoms with Gasteiger partial charge in [-0.3, -0.25) is 0 Å². The first-order valence-electron chi connectivity index (χ1n) is 5.93. The van der Waals surface area contributed by atoms with Crippen LogP contribution in [0.1, 0.15) is 5.56 Å². The molecule has 0 fully saturated rings. The molecule has 0 unspecified atom stereocenters. The number of ether oxygens (including phenoxy) is 1. The SMILES string of the molecule is Nc1nc(N)c(N=Nc2ccccc2)cc1COC(=O)O. The number of nitrogens with zero attached hydrogens (tertiary/aromatic N) is 3. The number of aromatic nitrogens is 1. The van der Waals surface area contributed by atoms with Gasteiger partial charge in [0.05, 0.1) is 5.69 Å². The van der Waals surface area contributed by atoms with Crippen LogP contribution in [0.2, 0.25) is 0 Å². The Morgan fingerprint density at radius 3 is 2.57 bits per heavy atom. The van der Waals surface area contributed by atoms with E-state index in [-0.39, 0.29) is 23.9 Å². The number of anilines is 2. The van der Waals surface area contributed by atoms with Crippen LogP contribution in [0.4, 0.5) is 27.8 Å². The molecule has 2 aromatic rings. The van der Waals surface area contributed by atoms with Crippen molar-refractivity contribution in [1.82, 2.24) is 4.98 Å². The molecule has 1 heterocycles. The number of carboxylic acid groups (broad SMARTS) is 1. The molecule has 0 radical (unpaired) electrons. The average Bonchev–Trinajstić information content (AvgIpc) is 2.46. The summed E-state index contributed by atoms with van der Waals surface area (Å²) in [5.74, 6) is 0.193. The molecule has 1 aromatic carbocycles. The van der Waals surface area contributed by atoms with Crippen molar-refractivity contribution in [3.8, 4) is 0 Å². The molecule has 2 rings (SSSR count). The lowest BCUT2D eigenvalue weighted by atomic mass is 10.2. The molecule has 0 amide bonds. The van der Waals surface area contributed by atoms with Gasteiger partial charge < -0.3 is 21.3 Å². The van der Waals surface area contributed by atoms with E-state index < -0.39 is 6.16 Å². The smallest absolute Gasteiger partial charge is 0.450 e. The van der Waals surface area contributed by atoms with Gasteiger partial charge in [-0.1, -0.05) is 18.2 Å². The quantitative estimate of drug-likeness (QED) is 0.584. The van der Waals surface area contributed by atoms with Gasteiger partial charge in [-0.25, -0.2) is 9.78 Å². The third-order valence-corrected chi connectivity index (χ3v) is 2.52. The number of carbonyl (C=O) groups is 1. The van der Waals surface area contributed by atoms with Crippen LogP contribution in [0.3, 0.4) is 0 Å². The maximum absolute atomic E-state index is 10.4. The molecule has 0 aliphatic heterocycles. The monoisotopic (exact) mass is 287 g/mol. The molecule has 21 heavy (non-hydrogen) atoms. The van der Waals surface area contributed by atoms with Crippen LogP contribution < -0.4 is 11.5 Å². The normalized spacial score (nSPS) is 10.7. The first-order valence-corrected chi connectivity index (χ1v) is 5.93. The topological polar surface area (TPSA) is 136 Å². The highest BCUT2D eigenvalue weighted by molar-refractivity contribution is 5.64. The number of nitrogens with two attached hydrogens (primary N) is 2. The Labute approximate surface area is 120 Å². The van der Waals surface area contributed by atoms with E-state index in [0.29, 0.717) is 11.3 Å². The Kier molecular flexibility index (Phi) is 4.30. The van der Waals surface area contributed by atoms with E-state index in [1.54, 1.807) is 12.1 Å². The lowest BCUT2D eigenvalue weighted by molar-refractivity contribution is 0.0855. The van der Waals surface area contributed by atoms with Gasteiger partial charge in [-0.15, -0.1) is 5.11 Å². The minimum atomic E-state index is -1.40. The Bertz CT molecular complexity index is 673. The second-order valence-corrected chi connectivity index (χ2v) is 4.03. The van der Waals surface area contributed by atoms with Crippen molar-refractivity contribution in [3.05, 3.63) is 42.0 Å². The number of rotatable bonds is 4. The predicted molar refractivity (Wildman–Crippen MR) is 76.5 cm³/mol. The summed E-state index contributed by atoms with van der Waals surface area (Å²) in [5.41, 5.74) is 12.7. The van der Waals surface area contributed by atoms with E-state index in [4.69, 9.17) is 16.6 Å². The van der Waals surface area contributed by atoms with Crippen LogP contribution in [0.15, 0.2) is 46.6 Å². The minimum Gasteiger partial charge on any atom is -0.450 e. The van der Waals surface area contributed by atoms with Gasteiger partial charge in [0.2, 0.25) is 0 Å². The lowest BCUT2D eigenvalue weighted by Crippen LogP contribution is -2.05. The molecule has 0 spiro atoms. The van der Waals surface area contributed by atoms with Crippen molar-refractivity contribution in [2.24, 2.45) is 10.2 Å². The molecule has 1 aromatic heterocycles. The van der Waals surface area contributed by atoms with E-state index in [2.05, 4.69) is 19.9 Å². The van der Waals surface area contributed by atoms with Crippen LogP contribution in [0.5, 0.6) is 0 Å². The van der Waals surface area contributed by atoms with Crippen molar-refractivity contribution in [3.63, 3.8) is 0 Å². The van der Waals surface area contributed by atoms with Crippen LogP contribution in [0.25, 0.3) is 0 Å². The Morgan fingerprint density at radius 2 is 1.90 bits per heavy atom. The Morgan fingerprint density at radius 1 is 1.19 bits per heavy atom. The second-order valence-electron chi connectivity index (χ2n) is 4.03. The molecule has 0 bridgehead atoms. The van der Waals surface area contributed by atoms with Crippen molar-refractivity contribution in [2.75, 3.05) is 11.5 Å². The number of benzene rings is 1. The lowest BCUT2D eigenvalue weighted by Gasteiger charge is -2.07. The molecule has 8 heteroatoms. The predicted octanol–water partition coefficient (Wildman–Crippen LogP) is 2.86. The van der Waals surface area contributed by atoms with E-state index in [1.165, 1.54) is 6.07 Å². The van der Waals surface area contributed by atoms with Gasteiger partial charge in [-0.2, -0.15) is 5.11 Å². The van der Waals surface area contributed by atoms with Crippen molar-refractivity contribution >= 4 is 29.2 Å². The van der Waals surface area contributed by atoms with E-state index in [9.17, 15) is 4.79 Å². The highest BCUT2D eigenvalue weighted by Crippen LogP contribution is 2.27. The van der Waals surface area contributed by atoms with Crippen LogP contribution >= 0.6 is 0 Å². The standard InChI is InChI=1S/C13H13N5O3/c14-11-8(7-21-13(19)20)6-10(12(15)16-11)18-17-9-4-2-1-3-5-9/h1-6H,7H2,(H,19,20)(H4,14,15,16). The molecule has 0 atom stereocenters. The highest BCUT2D eigenvalue weighted by Gasteiger charge is 2.09. The van der Waals surface area contributed by atoms with Gasteiger partial charge in [0.15, 0.2) is 5.82 Å². The fraction of sp³-hybridized carbons (Fsp3) is 0.0769. The Hall–Kier alpha value is -3.16. The molecule has 8 nitrogen and oxygen atoms in total. The van der Waals surface area contributed by atoms with Crippen molar-refractivity contribution < 1.29 is 14.6 Å². The zero-order valence-electron chi connectivity index (χ0n) is 10.9. The third kappa shape index (κ3) is 3.90. The van der Waals surface area contributed by atoms with E-state index in [0.717, 1.165) is 0 Å². The summed E-state index contributed by atoms with van der Waals surface area (Å²) in [7, 11) is 0. The molecular formula is C13H13N5O3. The summed E-state index contributed by atoms with van der Waals surface area (Å²) in [4.78, 5) is 14.3. The zero-order chi connectivity index (χ0) is 15.2. The fourth-order valence-corrected chi connectivity index (χ4v) is 1.51. The number of pyridine rings is 1. The molecular weight excluding hydrogens is 274 g/mol. The summed E-state index contributed by atoms with van der Waals surface area (Å²) < 4.78 is 4.45. The zero-order valence-corrected chi connectivity index (χ0v) is 10.9. The van der Waals surface area contributed by atoms with E-state index >= 15 is 0 Å². The number of azo groups is 1. The maximum atomic E-state index is 10.4. The third-order valence-electron chi connectivity index (χ3n) is 2.52. The van der Waals surface area contributed by atoms with Gasteiger partial charge in [-0.05, 0) is 18.2 Å². The summed E-state index contributed by atoms with van der Waals surface area (Å²) >= 11 is 0. The van der Waals surface area contributed by atoms with Crippen LogP contribution in [-0.4, -0.2) is 16.2 Å². The number of hydrogen-bond donors (Lipinski definition) is 3. The Balaban J connectivity index is 2.24. The average molecular weight is 287 g/mol. The second kappa shape index (κ2) is 6.33. The molecule has 108 valence electrons. The summed E-state index contributed by atoms with van der Waals surface area (Å²) in [6.45, 7) is -0.234. The molecule has 0 saturated carbocycles. The highest BCUT2D eigenvalue weighted by atomic mass is 16.7. The molecule has 0 saturated heterocycles. The maximum Gasteiger partial charge on any atom is 0.506 e. The molecule has 0 aliphatic rings. The molecule has 0 aliphatic carbocycles. The number of nitrogen functional groups attached to an aromatic ring is 2. The van der Waals surface area contributed by atoms with Crippen LogP contribution in [0, 0.1) is 0 Å². The van der Waals surface area contributed by atoms with Crippen molar-refractivity contribution in [2.45, 2.75) is 6.61 Å². The molecule has 5 N–H and O–H groups in total. The number of hydrogen-bond acceptors (Lipinski definition) is 7. The fourth-order valence-electron chi connectivity index (χ4n) is 1.51. The van der Waals surface area contributed by atoms with Crippen molar-refractivity contribution in [1.29, 1.82) is 0 Å². The van der Waals surface area contributed by atoms with Gasteiger partial charge in [0.1, 0.15) is 18.1 Å². The van der Waals surface area contributed by atoms with Gasteiger partial charge >= 0.3 is 6.16 Å².